The second-order valence-corrected chi connectivity index (χ2v) is 9.57. The molecule has 0 unspecified atom stereocenters. The third-order valence-corrected chi connectivity index (χ3v) is 7.29. The number of anilines is 2. The lowest BCUT2D eigenvalue weighted by Crippen LogP contribution is -2.35. The van der Waals surface area contributed by atoms with Gasteiger partial charge in [-0.15, -0.1) is 0 Å². The Morgan fingerprint density at radius 2 is 1.06 bits per heavy atom. The van der Waals surface area contributed by atoms with Gasteiger partial charge in [0.05, 0.1) is 22.1 Å². The zero-order valence-corrected chi connectivity index (χ0v) is 20.5. The molecule has 36 heavy (non-hydrogen) atoms. The first-order valence-electron chi connectivity index (χ1n) is 12.9. The van der Waals surface area contributed by atoms with E-state index in [4.69, 9.17) is 0 Å². The summed E-state index contributed by atoms with van der Waals surface area (Å²) < 4.78 is 4.72. The van der Waals surface area contributed by atoms with Crippen molar-refractivity contribution in [2.75, 3.05) is 10.6 Å². The van der Waals surface area contributed by atoms with E-state index in [-0.39, 0.29) is 0 Å². The number of hydrogen-bond donors (Lipinski definition) is 3. The van der Waals surface area contributed by atoms with Crippen LogP contribution in [0.5, 0.6) is 5.75 Å². The highest BCUT2D eigenvalue weighted by molar-refractivity contribution is 5.89. The maximum atomic E-state index is 11.1. The Kier molecular flexibility index (Phi) is 6.12. The Labute approximate surface area is 211 Å². The van der Waals surface area contributed by atoms with Gasteiger partial charge < -0.3 is 15.7 Å². The molecule has 2 aliphatic heterocycles. The molecule has 180 valence electrons. The van der Waals surface area contributed by atoms with Crippen LogP contribution in [-0.2, 0) is 26.2 Å². The largest absolute Gasteiger partial charge is 0.507 e. The number of aromatic hydroxyl groups is 1. The van der Waals surface area contributed by atoms with Crippen molar-refractivity contribution < 1.29 is 14.2 Å². The average Bonchev–Trinajstić information content (AvgIpc) is 2.92. The summed E-state index contributed by atoms with van der Waals surface area (Å²) in [7, 11) is 0. The predicted octanol–water partition coefficient (Wildman–Crippen LogP) is 5.68. The van der Waals surface area contributed by atoms with Gasteiger partial charge in [0.25, 0.3) is 0 Å². The second kappa shape index (κ2) is 9.86. The Morgan fingerprint density at radius 3 is 1.58 bits per heavy atom. The van der Waals surface area contributed by atoms with Gasteiger partial charge in [0.2, 0.25) is 11.0 Å². The molecule has 5 heteroatoms. The van der Waals surface area contributed by atoms with Crippen LogP contribution in [0.2, 0.25) is 0 Å². The molecule has 7 rings (SSSR count). The summed E-state index contributed by atoms with van der Waals surface area (Å²) in [4.78, 5) is 0. The SMILES string of the molecule is Oc1c2cccc1CNc1cc[n+](c3ccccc13)CCCCC[n+]1ccc(c3ccccc31)NC2. The van der Waals surface area contributed by atoms with Crippen molar-refractivity contribution in [2.45, 2.75) is 45.4 Å². The molecular formula is C31H32N4O+2. The van der Waals surface area contributed by atoms with Gasteiger partial charge in [-0.25, -0.2) is 0 Å². The van der Waals surface area contributed by atoms with Crippen LogP contribution >= 0.6 is 0 Å². The molecule has 5 nitrogen and oxygen atoms in total. The first-order chi connectivity index (χ1) is 17.8. The summed E-state index contributed by atoms with van der Waals surface area (Å²) in [6, 6.07) is 27.4. The molecule has 0 saturated carbocycles. The topological polar surface area (TPSA) is 52.1 Å². The van der Waals surface area contributed by atoms with Crippen molar-refractivity contribution in [1.82, 2.24) is 0 Å². The number of nitrogens with zero attached hydrogens (tertiary/aromatic N) is 2. The predicted molar refractivity (Wildman–Crippen MR) is 145 cm³/mol. The molecular weight excluding hydrogens is 444 g/mol. The summed E-state index contributed by atoms with van der Waals surface area (Å²) >= 11 is 0. The van der Waals surface area contributed by atoms with E-state index in [0.29, 0.717) is 18.8 Å². The summed E-state index contributed by atoms with van der Waals surface area (Å²) in [5.74, 6) is 0.345. The molecule has 0 atom stereocenters. The molecule has 0 fully saturated rings. The summed E-state index contributed by atoms with van der Waals surface area (Å²) in [5, 5.41) is 20.6. The van der Waals surface area contributed by atoms with E-state index in [1.54, 1.807) is 0 Å². The van der Waals surface area contributed by atoms with Gasteiger partial charge in [0, 0.05) is 61.3 Å². The van der Waals surface area contributed by atoms with Gasteiger partial charge in [0.15, 0.2) is 12.4 Å². The third-order valence-electron chi connectivity index (χ3n) is 7.29. The third kappa shape index (κ3) is 4.33. The second-order valence-electron chi connectivity index (χ2n) is 9.57. The molecule has 6 bridgehead atoms. The maximum absolute atomic E-state index is 11.1. The number of nitrogens with one attached hydrogen (secondary N) is 2. The van der Waals surface area contributed by atoms with E-state index in [2.05, 4.69) is 92.8 Å². The van der Waals surface area contributed by atoms with E-state index in [0.717, 1.165) is 48.4 Å². The van der Waals surface area contributed by atoms with Crippen molar-refractivity contribution in [2.24, 2.45) is 0 Å². The molecule has 2 aromatic heterocycles. The monoisotopic (exact) mass is 476 g/mol. The van der Waals surface area contributed by atoms with E-state index in [1.165, 1.54) is 28.2 Å². The highest BCUT2D eigenvalue weighted by atomic mass is 16.3. The normalized spacial score (nSPS) is 14.4. The van der Waals surface area contributed by atoms with Gasteiger partial charge in [-0.05, 0) is 18.6 Å². The number of phenolic OH excluding ortho intramolecular Hbond substituents is 1. The fourth-order valence-corrected chi connectivity index (χ4v) is 5.32. The molecule has 0 aliphatic carbocycles. The van der Waals surface area contributed by atoms with E-state index in [1.807, 2.05) is 18.2 Å². The number of pyridine rings is 2. The maximum Gasteiger partial charge on any atom is 0.214 e. The first kappa shape index (κ1) is 22.4. The number of phenols is 1. The summed E-state index contributed by atoms with van der Waals surface area (Å²) in [6.45, 7) is 3.11. The molecule has 0 radical (unpaired) electrons. The van der Waals surface area contributed by atoms with Crippen molar-refractivity contribution >= 4 is 33.2 Å². The van der Waals surface area contributed by atoms with E-state index in [9.17, 15) is 5.11 Å². The molecule has 0 saturated heterocycles. The molecule has 3 N–H and O–H groups in total. The van der Waals surface area contributed by atoms with Gasteiger partial charge >= 0.3 is 0 Å². The summed E-state index contributed by atoms with van der Waals surface area (Å²) in [5.41, 5.74) is 6.41. The van der Waals surface area contributed by atoms with Crippen LogP contribution < -0.4 is 19.8 Å². The number of hydrogen-bond acceptors (Lipinski definition) is 3. The highest BCUT2D eigenvalue weighted by Crippen LogP contribution is 2.28. The van der Waals surface area contributed by atoms with Gasteiger partial charge in [0.1, 0.15) is 18.8 Å². The standard InChI is InChI=1S/C31H30N4O/c36-31-23-9-8-10-24(31)22-33-28-16-20-35(30-14-5-3-12-26(28)30)18-7-1-6-17-34-19-15-27(32-21-23)25-11-2-4-13-29(25)34/h2-5,8-16,19-20,36H,1,6-7,17-18,21-22H2/p+2. The lowest BCUT2D eigenvalue weighted by Gasteiger charge is -2.15. The Balaban J connectivity index is 1.38. The van der Waals surface area contributed by atoms with Gasteiger partial charge in [-0.2, -0.15) is 9.13 Å². The quantitative estimate of drug-likeness (QED) is 0.252. The van der Waals surface area contributed by atoms with Crippen LogP contribution in [0, 0.1) is 0 Å². The van der Waals surface area contributed by atoms with Crippen LogP contribution in [0.1, 0.15) is 30.4 Å². The number of rotatable bonds is 0. The number of benzene rings is 3. The fraction of sp³-hybridized carbons (Fsp3) is 0.226. The zero-order valence-electron chi connectivity index (χ0n) is 20.5. The smallest absolute Gasteiger partial charge is 0.214 e. The van der Waals surface area contributed by atoms with Crippen molar-refractivity contribution in [3.63, 3.8) is 0 Å². The van der Waals surface area contributed by atoms with E-state index >= 15 is 0 Å². The molecule has 4 heterocycles. The van der Waals surface area contributed by atoms with Crippen LogP contribution in [0.25, 0.3) is 21.8 Å². The zero-order chi connectivity index (χ0) is 24.3. The Hall–Kier alpha value is -4.12. The minimum absolute atomic E-state index is 0.345. The first-order valence-corrected chi connectivity index (χ1v) is 12.9. The number of para-hydroxylation sites is 3. The minimum Gasteiger partial charge on any atom is -0.507 e. The average molecular weight is 477 g/mol. The molecule has 0 spiro atoms. The highest BCUT2D eigenvalue weighted by Gasteiger charge is 2.16. The Morgan fingerprint density at radius 1 is 0.556 bits per heavy atom. The summed E-state index contributed by atoms with van der Waals surface area (Å²) in [6.07, 6.45) is 7.82. The minimum atomic E-state index is 0.345. The Bertz CT molecular complexity index is 1430. The number of aryl methyl sites for hydroxylation is 2. The number of fused-ring (bicyclic) bond motifs is 8. The molecule has 5 aromatic rings. The van der Waals surface area contributed by atoms with Crippen LogP contribution in [-0.4, -0.2) is 5.11 Å². The fourth-order valence-electron chi connectivity index (χ4n) is 5.32. The lowest BCUT2D eigenvalue weighted by atomic mass is 10.1. The van der Waals surface area contributed by atoms with E-state index < -0.39 is 0 Å². The van der Waals surface area contributed by atoms with Gasteiger partial charge in [-0.1, -0.05) is 42.5 Å². The molecule has 2 aliphatic rings. The lowest BCUT2D eigenvalue weighted by molar-refractivity contribution is -0.675. The van der Waals surface area contributed by atoms with Gasteiger partial charge in [-0.3, -0.25) is 0 Å². The van der Waals surface area contributed by atoms with Crippen molar-refractivity contribution in [3.8, 4) is 5.75 Å². The van der Waals surface area contributed by atoms with Crippen molar-refractivity contribution in [1.29, 1.82) is 0 Å². The van der Waals surface area contributed by atoms with Crippen LogP contribution in [0.3, 0.4) is 0 Å². The molecule has 0 amide bonds. The van der Waals surface area contributed by atoms with Crippen molar-refractivity contribution in [3.05, 3.63) is 102 Å². The van der Waals surface area contributed by atoms with Crippen LogP contribution in [0.4, 0.5) is 11.4 Å². The molecule has 3 aromatic carbocycles. The number of aromatic nitrogens is 2. The van der Waals surface area contributed by atoms with Crippen LogP contribution in [0.15, 0.2) is 91.3 Å².